The summed E-state index contributed by atoms with van der Waals surface area (Å²) in [4.78, 5) is 19.1. The van der Waals surface area contributed by atoms with Crippen LogP contribution in [0.5, 0.6) is 0 Å². The summed E-state index contributed by atoms with van der Waals surface area (Å²) in [6.07, 6.45) is 6.59. The quantitative estimate of drug-likeness (QED) is 0.365. The van der Waals surface area contributed by atoms with E-state index in [1.165, 1.54) is 12.0 Å². The van der Waals surface area contributed by atoms with Crippen LogP contribution in [0.25, 0.3) is 10.9 Å². The summed E-state index contributed by atoms with van der Waals surface area (Å²) in [7, 11) is 1.90. The molecule has 0 amide bonds. The molecule has 5 rings (SSSR count). The van der Waals surface area contributed by atoms with Crippen LogP contribution in [-0.4, -0.2) is 63.1 Å². The lowest BCUT2D eigenvalue weighted by molar-refractivity contribution is -0.150. The first kappa shape index (κ1) is 25.7. The van der Waals surface area contributed by atoms with E-state index in [1.54, 1.807) is 0 Å². The van der Waals surface area contributed by atoms with Gasteiger partial charge in [0.25, 0.3) is 0 Å². The summed E-state index contributed by atoms with van der Waals surface area (Å²) in [5.74, 6) is 0.515. The van der Waals surface area contributed by atoms with E-state index in [0.717, 1.165) is 72.3 Å². The van der Waals surface area contributed by atoms with Crippen LogP contribution in [0.3, 0.4) is 0 Å². The smallest absolute Gasteiger partial charge is 0.325 e. The molecule has 4 heterocycles. The lowest BCUT2D eigenvalue weighted by Gasteiger charge is -2.42. The van der Waals surface area contributed by atoms with Gasteiger partial charge >= 0.3 is 5.97 Å². The second-order valence-corrected chi connectivity index (χ2v) is 10.7. The predicted molar refractivity (Wildman–Crippen MR) is 145 cm³/mol. The van der Waals surface area contributed by atoms with Gasteiger partial charge in [-0.1, -0.05) is 44.5 Å². The molecule has 198 valence electrons. The number of nitrogens with one attached hydrogen (secondary N) is 1. The number of pyridine rings is 1. The monoisotopic (exact) mass is 505 g/mol. The normalized spacial score (nSPS) is 17.0. The molecule has 0 bridgehead atoms. The van der Waals surface area contributed by atoms with E-state index >= 15 is 0 Å². The maximum atomic E-state index is 12.3. The molecule has 8 heteroatoms. The van der Waals surface area contributed by atoms with Crippen LogP contribution < -0.4 is 5.32 Å². The minimum Gasteiger partial charge on any atom is -0.480 e. The fourth-order valence-corrected chi connectivity index (χ4v) is 5.66. The maximum Gasteiger partial charge on any atom is 0.325 e. The Kier molecular flexibility index (Phi) is 7.76. The number of benzene rings is 1. The number of unbranched alkanes of at least 4 members (excludes halogenated alkanes) is 2. The lowest BCUT2D eigenvalue weighted by Crippen LogP contribution is -2.55. The van der Waals surface area contributed by atoms with Gasteiger partial charge in [0.05, 0.1) is 17.3 Å². The van der Waals surface area contributed by atoms with Gasteiger partial charge in [-0.05, 0) is 49.7 Å². The van der Waals surface area contributed by atoms with Gasteiger partial charge in [-0.15, -0.1) is 0 Å². The van der Waals surface area contributed by atoms with Crippen molar-refractivity contribution >= 4 is 22.7 Å². The minimum absolute atomic E-state index is 0.0900. The van der Waals surface area contributed by atoms with Crippen molar-refractivity contribution in [3.8, 4) is 0 Å². The molecular formula is C29H39N5O3. The molecule has 0 spiro atoms. The van der Waals surface area contributed by atoms with Gasteiger partial charge in [-0.2, -0.15) is 5.10 Å². The van der Waals surface area contributed by atoms with E-state index in [4.69, 9.17) is 9.72 Å². The van der Waals surface area contributed by atoms with Gasteiger partial charge in [0.1, 0.15) is 11.9 Å². The first-order valence-electron chi connectivity index (χ1n) is 13.7. The number of carboxylic acid groups (broad SMARTS) is 1. The molecule has 8 nitrogen and oxygen atoms in total. The number of hydrogen-bond donors (Lipinski definition) is 2. The Labute approximate surface area is 219 Å². The van der Waals surface area contributed by atoms with Gasteiger partial charge in [0.15, 0.2) is 0 Å². The maximum absolute atomic E-state index is 12.3. The van der Waals surface area contributed by atoms with E-state index in [-0.39, 0.29) is 12.0 Å². The van der Waals surface area contributed by atoms with Crippen LogP contribution in [0.1, 0.15) is 74.0 Å². The average molecular weight is 506 g/mol. The molecule has 2 N–H and O–H groups in total. The largest absolute Gasteiger partial charge is 0.480 e. The number of aryl methyl sites for hydroxylation is 3. The Morgan fingerprint density at radius 2 is 2.03 bits per heavy atom. The molecule has 0 radical (unpaired) electrons. The van der Waals surface area contributed by atoms with Crippen molar-refractivity contribution in [2.45, 2.75) is 70.4 Å². The number of carbonyl (C=O) groups is 1. The van der Waals surface area contributed by atoms with E-state index in [2.05, 4.69) is 36.4 Å². The number of ether oxygens (including phenoxy) is 1. The number of para-hydroxylation sites is 1. The van der Waals surface area contributed by atoms with E-state index in [9.17, 15) is 9.90 Å². The second-order valence-electron chi connectivity index (χ2n) is 10.7. The Hall–Kier alpha value is -2.97. The fraction of sp³-hybridized carbons (Fsp3) is 0.552. The number of fused-ring (bicyclic) bond motifs is 2. The van der Waals surface area contributed by atoms with Crippen LogP contribution >= 0.6 is 0 Å². The van der Waals surface area contributed by atoms with Gasteiger partial charge < -0.3 is 15.2 Å². The molecule has 0 saturated carbocycles. The summed E-state index contributed by atoms with van der Waals surface area (Å²) in [5.41, 5.74) is 5.21. The Bertz CT molecular complexity index is 1250. The average Bonchev–Trinajstić information content (AvgIpc) is 3.21. The number of carboxylic acids is 1. The topological polar surface area (TPSA) is 92.5 Å². The third-order valence-corrected chi connectivity index (χ3v) is 7.62. The number of rotatable bonds is 11. The molecule has 2 aromatic heterocycles. The highest BCUT2D eigenvalue weighted by molar-refractivity contribution is 5.90. The number of likely N-dealkylation sites (tertiary alicyclic amines) is 1. The zero-order chi connectivity index (χ0) is 25.9. The van der Waals surface area contributed by atoms with Crippen LogP contribution in [0.15, 0.2) is 30.3 Å². The summed E-state index contributed by atoms with van der Waals surface area (Å²) in [5, 5.41) is 19.3. The van der Waals surface area contributed by atoms with Crippen molar-refractivity contribution in [2.24, 2.45) is 7.05 Å². The van der Waals surface area contributed by atoms with Crippen molar-refractivity contribution in [1.82, 2.24) is 19.7 Å². The highest BCUT2D eigenvalue weighted by Gasteiger charge is 2.39. The van der Waals surface area contributed by atoms with Crippen molar-refractivity contribution in [2.75, 3.05) is 31.6 Å². The zero-order valence-electron chi connectivity index (χ0n) is 22.2. The van der Waals surface area contributed by atoms with Crippen molar-refractivity contribution in [3.63, 3.8) is 0 Å². The molecule has 1 unspecified atom stereocenters. The molecular weight excluding hydrogens is 466 g/mol. The zero-order valence-corrected chi connectivity index (χ0v) is 22.2. The van der Waals surface area contributed by atoms with Crippen LogP contribution in [0.4, 0.5) is 5.82 Å². The van der Waals surface area contributed by atoms with Crippen LogP contribution in [-0.2, 0) is 29.4 Å². The Morgan fingerprint density at radius 3 is 2.81 bits per heavy atom. The number of anilines is 1. The molecule has 2 aliphatic heterocycles. The molecule has 1 aromatic carbocycles. The predicted octanol–water partition coefficient (Wildman–Crippen LogP) is 4.69. The second kappa shape index (κ2) is 11.2. The number of aromatic nitrogens is 3. The molecule has 3 aromatic rings. The fourth-order valence-electron chi connectivity index (χ4n) is 5.66. The number of hydrogen-bond acceptors (Lipinski definition) is 6. The molecule has 1 atom stereocenters. The third kappa shape index (κ3) is 5.50. The molecule has 0 aliphatic carbocycles. The molecule has 1 saturated heterocycles. The minimum atomic E-state index is -0.829. The summed E-state index contributed by atoms with van der Waals surface area (Å²) < 4.78 is 7.90. The Balaban J connectivity index is 1.09. The summed E-state index contributed by atoms with van der Waals surface area (Å²) in [6, 6.07) is 9.61. The molecule has 2 aliphatic rings. The Morgan fingerprint density at radius 1 is 1.19 bits per heavy atom. The van der Waals surface area contributed by atoms with Gasteiger partial charge in [0, 0.05) is 49.9 Å². The van der Waals surface area contributed by atoms with Crippen LogP contribution in [0.2, 0.25) is 0 Å². The van der Waals surface area contributed by atoms with Gasteiger partial charge in [-0.3, -0.25) is 14.4 Å². The van der Waals surface area contributed by atoms with Gasteiger partial charge in [-0.25, -0.2) is 4.98 Å². The van der Waals surface area contributed by atoms with Crippen LogP contribution in [0, 0.1) is 0 Å². The molecule has 37 heavy (non-hydrogen) atoms. The van der Waals surface area contributed by atoms with E-state index < -0.39 is 12.0 Å². The van der Waals surface area contributed by atoms with Crippen molar-refractivity contribution < 1.29 is 14.6 Å². The van der Waals surface area contributed by atoms with E-state index in [0.29, 0.717) is 19.7 Å². The first-order valence-corrected chi connectivity index (χ1v) is 13.7. The van der Waals surface area contributed by atoms with Crippen molar-refractivity contribution in [1.29, 1.82) is 0 Å². The first-order chi connectivity index (χ1) is 17.9. The van der Waals surface area contributed by atoms with Gasteiger partial charge in [0.2, 0.25) is 0 Å². The van der Waals surface area contributed by atoms with Crippen molar-refractivity contribution in [3.05, 3.63) is 52.8 Å². The number of nitrogens with zero attached hydrogens (tertiary/aromatic N) is 4. The standard InChI is InChI=1S/C29H39N5O3/c1-19(2)25-23-11-7-12-24(26(23)33(3)32-25)27(29(35)36)34-17-22(18-34)37-16-6-4-5-10-21-14-13-20-9-8-15-30-28(20)31-21/h7,11-14,19,22,27H,4-6,8-10,15-18H2,1-3H3,(H,30,31)(H,35,36). The summed E-state index contributed by atoms with van der Waals surface area (Å²) in [6.45, 7) is 7.23. The third-order valence-electron chi connectivity index (χ3n) is 7.62. The highest BCUT2D eigenvalue weighted by atomic mass is 16.5. The molecule has 1 fully saturated rings. The highest BCUT2D eigenvalue weighted by Crippen LogP contribution is 2.34. The van der Waals surface area contributed by atoms with E-state index in [1.807, 2.05) is 34.8 Å². The number of aliphatic carboxylic acids is 1. The lowest BCUT2D eigenvalue weighted by atomic mass is 9.96. The SMILES string of the molecule is CC(C)c1nn(C)c2c(C(C(=O)O)N3CC(OCCCCCc4ccc5c(n4)NCCC5)C3)cccc12. The summed E-state index contributed by atoms with van der Waals surface area (Å²) >= 11 is 0.